The van der Waals surface area contributed by atoms with E-state index < -0.39 is 23.0 Å². The maximum absolute atomic E-state index is 13.2. The Balaban J connectivity index is 1.99. The molecule has 1 heterocycles. The third-order valence-electron chi connectivity index (χ3n) is 5.45. The van der Waals surface area contributed by atoms with Crippen molar-refractivity contribution in [3.63, 3.8) is 0 Å². The molecule has 10 heteroatoms. The van der Waals surface area contributed by atoms with Gasteiger partial charge < -0.3 is 20.5 Å². The fourth-order valence-electron chi connectivity index (χ4n) is 3.71. The third-order valence-corrected chi connectivity index (χ3v) is 5.45. The first-order chi connectivity index (χ1) is 17.2. The number of ketones is 1. The lowest BCUT2D eigenvalue weighted by molar-refractivity contribution is 0.0600. The molecule has 0 amide bonds. The molecule has 10 nitrogen and oxygen atoms in total. The van der Waals surface area contributed by atoms with Gasteiger partial charge in [-0.25, -0.2) is 9.59 Å². The topological polar surface area (TPSA) is 135 Å². The van der Waals surface area contributed by atoms with Crippen LogP contribution in [0, 0.1) is 0 Å². The molecule has 0 radical (unpaired) electrons. The van der Waals surface area contributed by atoms with Crippen LogP contribution in [-0.2, 0) is 17.8 Å². The minimum Gasteiger partial charge on any atom is -0.489 e. The maximum Gasteiger partial charge on any atom is 0.337 e. The Labute approximate surface area is 208 Å². The lowest BCUT2D eigenvalue weighted by Gasteiger charge is -2.18. The van der Waals surface area contributed by atoms with Crippen molar-refractivity contribution in [1.29, 1.82) is 0 Å². The molecule has 2 aromatic carbocycles. The highest BCUT2D eigenvalue weighted by molar-refractivity contribution is 6.02. The van der Waals surface area contributed by atoms with Crippen LogP contribution >= 0.6 is 0 Å². The Kier molecular flexibility index (Phi) is 8.31. The third kappa shape index (κ3) is 5.65. The van der Waals surface area contributed by atoms with E-state index in [1.165, 1.54) is 17.7 Å². The summed E-state index contributed by atoms with van der Waals surface area (Å²) >= 11 is 0. The number of nitrogens with two attached hydrogens (primary N) is 1. The number of hydrogen-bond donors (Lipinski definition) is 2. The van der Waals surface area contributed by atoms with Gasteiger partial charge in [-0.15, -0.1) is 0 Å². The van der Waals surface area contributed by atoms with Crippen molar-refractivity contribution in [1.82, 2.24) is 9.13 Å². The minimum absolute atomic E-state index is 0.0774. The lowest BCUT2D eigenvalue weighted by Crippen LogP contribution is -2.44. The molecule has 0 aliphatic carbocycles. The van der Waals surface area contributed by atoms with Crippen LogP contribution in [0.25, 0.3) is 0 Å². The highest BCUT2D eigenvalue weighted by Crippen LogP contribution is 2.27. The monoisotopic (exact) mass is 494 g/mol. The lowest BCUT2D eigenvalue weighted by atomic mass is 10.1. The van der Waals surface area contributed by atoms with E-state index in [1.54, 1.807) is 19.1 Å². The molecule has 0 fully saturated rings. The van der Waals surface area contributed by atoms with Crippen molar-refractivity contribution in [2.75, 3.05) is 24.7 Å². The van der Waals surface area contributed by atoms with Gasteiger partial charge >= 0.3 is 11.7 Å². The zero-order valence-electron chi connectivity index (χ0n) is 20.7. The van der Waals surface area contributed by atoms with E-state index >= 15 is 0 Å². The summed E-state index contributed by atoms with van der Waals surface area (Å²) in [7, 11) is 1.27. The summed E-state index contributed by atoms with van der Waals surface area (Å²) in [5.74, 6) is -0.949. The molecule has 3 N–H and O–H groups in total. The first-order valence-corrected chi connectivity index (χ1v) is 11.5. The molecule has 0 unspecified atom stereocenters. The number of carbonyl (C=O) groups is 2. The van der Waals surface area contributed by atoms with Crippen molar-refractivity contribution >= 4 is 23.3 Å². The van der Waals surface area contributed by atoms with E-state index in [1.807, 2.05) is 44.2 Å². The fourth-order valence-corrected chi connectivity index (χ4v) is 3.71. The van der Waals surface area contributed by atoms with E-state index in [9.17, 15) is 19.2 Å². The zero-order chi connectivity index (χ0) is 26.4. The average molecular weight is 495 g/mol. The number of benzene rings is 2. The van der Waals surface area contributed by atoms with Crippen LogP contribution < -0.4 is 27.0 Å². The summed E-state index contributed by atoms with van der Waals surface area (Å²) in [6, 6.07) is 13.8. The summed E-state index contributed by atoms with van der Waals surface area (Å²) in [6.45, 7) is 5.18. The second-order valence-corrected chi connectivity index (χ2v) is 8.31. The number of anilines is 2. The van der Waals surface area contributed by atoms with Crippen LogP contribution in [0.3, 0.4) is 0 Å². The number of nitrogens with zero attached hydrogens (tertiary/aromatic N) is 2. The van der Waals surface area contributed by atoms with Crippen LogP contribution in [-0.4, -0.2) is 40.6 Å². The number of nitrogen functional groups attached to an aromatic ring is 1. The quantitative estimate of drug-likeness (QED) is 0.324. The molecule has 190 valence electrons. The van der Waals surface area contributed by atoms with E-state index in [-0.39, 0.29) is 42.7 Å². The van der Waals surface area contributed by atoms with Gasteiger partial charge in [-0.2, -0.15) is 0 Å². The number of esters is 1. The Morgan fingerprint density at radius 1 is 1.06 bits per heavy atom. The Morgan fingerprint density at radius 2 is 1.75 bits per heavy atom. The zero-order valence-corrected chi connectivity index (χ0v) is 20.7. The molecular weight excluding hydrogens is 464 g/mol. The average Bonchev–Trinajstić information content (AvgIpc) is 2.86. The second kappa shape index (κ2) is 11.4. The van der Waals surface area contributed by atoms with E-state index in [4.69, 9.17) is 15.2 Å². The van der Waals surface area contributed by atoms with Gasteiger partial charge in [0.25, 0.3) is 5.56 Å². The van der Waals surface area contributed by atoms with Crippen molar-refractivity contribution in [2.24, 2.45) is 0 Å². The number of ether oxygens (including phenoxy) is 2. The molecule has 1 aromatic heterocycles. The predicted octanol–water partition coefficient (Wildman–Crippen LogP) is 2.53. The smallest absolute Gasteiger partial charge is 0.337 e. The van der Waals surface area contributed by atoms with Crippen molar-refractivity contribution in [3.05, 3.63) is 86.1 Å². The number of Topliss-reactive ketones (excluding diaryl/α,β-unsaturated/α-hetero) is 1. The molecular formula is C26H30N4O6. The van der Waals surface area contributed by atoms with E-state index in [0.29, 0.717) is 11.4 Å². The molecule has 36 heavy (non-hydrogen) atoms. The molecule has 0 spiro atoms. The molecule has 0 saturated heterocycles. The first kappa shape index (κ1) is 26.3. The maximum atomic E-state index is 13.2. The normalized spacial score (nSPS) is 10.8. The molecule has 0 saturated carbocycles. The highest BCUT2D eigenvalue weighted by Gasteiger charge is 2.23. The van der Waals surface area contributed by atoms with Gasteiger partial charge in [0.15, 0.2) is 5.78 Å². The SMILES string of the molecule is CCn1c(=O)c(C(=O)CNc2cc(C(=O)OC)ccc2OC(C)C)c(N)n(Cc2ccccc2)c1=O. The molecule has 0 atom stereocenters. The molecule has 3 rings (SSSR count). The van der Waals surface area contributed by atoms with Gasteiger partial charge in [-0.1, -0.05) is 30.3 Å². The molecule has 0 aliphatic heterocycles. The van der Waals surface area contributed by atoms with Crippen molar-refractivity contribution < 1.29 is 19.1 Å². The van der Waals surface area contributed by atoms with Gasteiger partial charge in [0, 0.05) is 6.54 Å². The Bertz CT molecular complexity index is 1380. The number of methoxy groups -OCH3 is 1. The van der Waals surface area contributed by atoms with Gasteiger partial charge in [0.2, 0.25) is 0 Å². The van der Waals surface area contributed by atoms with E-state index in [2.05, 4.69) is 5.32 Å². The summed E-state index contributed by atoms with van der Waals surface area (Å²) in [5, 5.41) is 2.94. The van der Waals surface area contributed by atoms with Gasteiger partial charge in [-0.3, -0.25) is 18.7 Å². The van der Waals surface area contributed by atoms with E-state index in [0.717, 1.165) is 10.1 Å². The number of hydrogen-bond acceptors (Lipinski definition) is 8. The second-order valence-electron chi connectivity index (χ2n) is 8.31. The first-order valence-electron chi connectivity index (χ1n) is 11.5. The van der Waals surface area contributed by atoms with Gasteiger partial charge in [-0.05, 0) is 44.5 Å². The van der Waals surface area contributed by atoms with Crippen LogP contribution in [0.4, 0.5) is 11.5 Å². The van der Waals surface area contributed by atoms with Crippen molar-refractivity contribution in [3.8, 4) is 5.75 Å². The molecule has 0 bridgehead atoms. The summed E-state index contributed by atoms with van der Waals surface area (Å²) in [4.78, 5) is 51.2. The summed E-state index contributed by atoms with van der Waals surface area (Å²) in [5.41, 5.74) is 6.01. The van der Waals surface area contributed by atoms with Crippen LogP contribution in [0.1, 0.15) is 47.1 Å². The number of nitrogens with one attached hydrogen (secondary N) is 1. The molecule has 0 aliphatic rings. The summed E-state index contributed by atoms with van der Waals surface area (Å²) < 4.78 is 12.7. The van der Waals surface area contributed by atoms with Crippen LogP contribution in [0.5, 0.6) is 5.75 Å². The van der Waals surface area contributed by atoms with Gasteiger partial charge in [0.05, 0.1) is 37.6 Å². The predicted molar refractivity (Wildman–Crippen MR) is 137 cm³/mol. The minimum atomic E-state index is -0.752. The van der Waals surface area contributed by atoms with Crippen LogP contribution in [0.2, 0.25) is 0 Å². The van der Waals surface area contributed by atoms with Crippen LogP contribution in [0.15, 0.2) is 58.1 Å². The van der Waals surface area contributed by atoms with Gasteiger partial charge in [0.1, 0.15) is 17.1 Å². The largest absolute Gasteiger partial charge is 0.489 e. The number of carbonyl (C=O) groups excluding carboxylic acids is 2. The Hall–Kier alpha value is -4.34. The Morgan fingerprint density at radius 3 is 2.36 bits per heavy atom. The fraction of sp³-hybridized carbons (Fsp3) is 0.308. The standard InChI is InChI=1S/C26H30N4O6/c1-5-29-24(32)22(23(27)30(26(29)34)15-17-9-7-6-8-10-17)20(31)14-28-19-13-18(25(33)35-4)11-12-21(19)36-16(2)3/h6-13,16,28H,5,14-15,27H2,1-4H3. The number of rotatable bonds is 10. The highest BCUT2D eigenvalue weighted by atomic mass is 16.5. The van der Waals surface area contributed by atoms with Crippen molar-refractivity contribution in [2.45, 2.75) is 40.0 Å². The summed E-state index contributed by atoms with van der Waals surface area (Å²) in [6.07, 6.45) is -0.167. The molecule has 3 aromatic rings. The number of aromatic nitrogens is 2.